The second-order valence-corrected chi connectivity index (χ2v) is 8.80. The standard InChI is InChI=1S/C27H19N9O/c1-18-14-16-19(17-15-18)26(37)27(34-23-11-5-2-8-20(23)28-31-34,35-24-12-6-3-9-21(24)29-32-35)36-25-13-7-4-10-22(25)30-33-36/h2-17H,1H3. The molecule has 0 spiro atoms. The maximum Gasteiger partial charge on any atom is 0.320 e. The van der Waals surface area contributed by atoms with Crippen LogP contribution in [0.5, 0.6) is 0 Å². The minimum absolute atomic E-state index is 0.325. The Hall–Kier alpha value is -5.25. The summed E-state index contributed by atoms with van der Waals surface area (Å²) < 4.78 is 4.69. The molecule has 178 valence electrons. The first kappa shape index (κ1) is 21.1. The molecule has 0 saturated carbocycles. The monoisotopic (exact) mass is 485 g/mol. The molecule has 7 aromatic rings. The van der Waals surface area contributed by atoms with E-state index in [1.54, 1.807) is 26.2 Å². The maximum atomic E-state index is 14.9. The number of hydrogen-bond donors (Lipinski definition) is 0. The minimum Gasteiger partial charge on any atom is -0.287 e. The topological polar surface area (TPSA) is 109 Å². The molecule has 0 fully saturated rings. The summed E-state index contributed by atoms with van der Waals surface area (Å²) in [6.45, 7) is 1.97. The van der Waals surface area contributed by atoms with Crippen LogP contribution in [0, 0.1) is 6.92 Å². The zero-order chi connectivity index (χ0) is 25.0. The fraction of sp³-hybridized carbons (Fsp3) is 0.0741. The van der Waals surface area contributed by atoms with Gasteiger partial charge in [0.05, 0.1) is 16.6 Å². The molecule has 3 aromatic heterocycles. The Morgan fingerprint density at radius 2 is 0.946 bits per heavy atom. The number of nitrogens with zero attached hydrogens (tertiary/aromatic N) is 9. The van der Waals surface area contributed by atoms with Crippen LogP contribution in [0.3, 0.4) is 0 Å². The molecule has 0 aliphatic heterocycles. The van der Waals surface area contributed by atoms with Gasteiger partial charge in [0, 0.05) is 5.56 Å². The third-order valence-electron chi connectivity index (χ3n) is 6.56. The van der Waals surface area contributed by atoms with E-state index in [0.717, 1.165) is 5.56 Å². The molecule has 37 heavy (non-hydrogen) atoms. The molecule has 4 aromatic carbocycles. The molecule has 0 aliphatic carbocycles. The molecular weight excluding hydrogens is 466 g/mol. The highest BCUT2D eigenvalue weighted by Crippen LogP contribution is 2.33. The molecule has 0 N–H and O–H groups in total. The molecular formula is C27H19N9O. The van der Waals surface area contributed by atoms with Crippen LogP contribution in [0.4, 0.5) is 0 Å². The summed E-state index contributed by atoms with van der Waals surface area (Å²) in [5.41, 5.74) is 5.23. The van der Waals surface area contributed by atoms with Gasteiger partial charge in [0.15, 0.2) is 0 Å². The Morgan fingerprint density at radius 1 is 0.568 bits per heavy atom. The smallest absolute Gasteiger partial charge is 0.287 e. The van der Waals surface area contributed by atoms with E-state index in [0.29, 0.717) is 38.7 Å². The molecule has 0 unspecified atom stereocenters. The Morgan fingerprint density at radius 3 is 1.35 bits per heavy atom. The molecule has 0 saturated heterocycles. The van der Waals surface area contributed by atoms with Crippen molar-refractivity contribution in [2.75, 3.05) is 0 Å². The number of benzene rings is 4. The van der Waals surface area contributed by atoms with E-state index in [9.17, 15) is 4.79 Å². The largest absolute Gasteiger partial charge is 0.320 e. The van der Waals surface area contributed by atoms with Crippen molar-refractivity contribution in [3.05, 3.63) is 108 Å². The predicted molar refractivity (Wildman–Crippen MR) is 137 cm³/mol. The Bertz CT molecular complexity index is 1750. The lowest BCUT2D eigenvalue weighted by Crippen LogP contribution is -2.56. The number of aromatic nitrogens is 9. The van der Waals surface area contributed by atoms with Gasteiger partial charge in [-0.1, -0.05) is 81.9 Å². The van der Waals surface area contributed by atoms with E-state index >= 15 is 0 Å². The molecule has 3 heterocycles. The van der Waals surface area contributed by atoms with Gasteiger partial charge in [-0.05, 0) is 43.3 Å². The van der Waals surface area contributed by atoms with Gasteiger partial charge >= 0.3 is 5.79 Å². The molecule has 10 heteroatoms. The van der Waals surface area contributed by atoms with E-state index in [1.807, 2.05) is 91.9 Å². The molecule has 10 nitrogen and oxygen atoms in total. The van der Waals surface area contributed by atoms with Crippen molar-refractivity contribution in [3.8, 4) is 0 Å². The van der Waals surface area contributed by atoms with Crippen molar-refractivity contribution in [3.63, 3.8) is 0 Å². The summed E-state index contributed by atoms with van der Waals surface area (Å²) in [5, 5.41) is 26.8. The minimum atomic E-state index is -1.79. The van der Waals surface area contributed by atoms with Crippen molar-refractivity contribution in [1.82, 2.24) is 45.0 Å². The zero-order valence-electron chi connectivity index (χ0n) is 19.7. The highest BCUT2D eigenvalue weighted by Gasteiger charge is 2.51. The van der Waals surface area contributed by atoms with Crippen LogP contribution in [-0.4, -0.2) is 50.8 Å². The van der Waals surface area contributed by atoms with Crippen molar-refractivity contribution >= 4 is 38.9 Å². The number of para-hydroxylation sites is 3. The first-order chi connectivity index (χ1) is 18.2. The zero-order valence-corrected chi connectivity index (χ0v) is 19.7. The lowest BCUT2D eigenvalue weighted by Gasteiger charge is -2.33. The summed E-state index contributed by atoms with van der Waals surface area (Å²) in [6, 6.07) is 29.8. The number of ketones is 1. The number of rotatable bonds is 5. The fourth-order valence-corrected chi connectivity index (χ4v) is 4.75. The number of carbonyl (C=O) groups is 1. The Kier molecular flexibility index (Phi) is 4.49. The summed E-state index contributed by atoms with van der Waals surface area (Å²) in [6.07, 6.45) is 0. The van der Waals surface area contributed by atoms with Crippen molar-refractivity contribution in [2.45, 2.75) is 12.7 Å². The molecule has 0 bridgehead atoms. The van der Waals surface area contributed by atoms with E-state index in [2.05, 4.69) is 30.9 Å². The fourth-order valence-electron chi connectivity index (χ4n) is 4.75. The van der Waals surface area contributed by atoms with Gasteiger partial charge in [0.2, 0.25) is 5.78 Å². The van der Waals surface area contributed by atoms with Gasteiger partial charge in [-0.3, -0.25) is 4.79 Å². The SMILES string of the molecule is Cc1ccc(C(=O)C(n2nnc3ccccc32)(n2nnc3ccccc32)n2nnc3ccccc32)cc1. The molecule has 0 atom stereocenters. The van der Waals surface area contributed by atoms with Gasteiger partial charge in [0.1, 0.15) is 16.6 Å². The normalized spacial score (nSPS) is 12.0. The van der Waals surface area contributed by atoms with Crippen LogP contribution in [0.15, 0.2) is 97.1 Å². The summed E-state index contributed by atoms with van der Waals surface area (Å²) in [7, 11) is 0. The molecule has 0 radical (unpaired) electrons. The van der Waals surface area contributed by atoms with Crippen LogP contribution < -0.4 is 0 Å². The van der Waals surface area contributed by atoms with Crippen molar-refractivity contribution in [2.24, 2.45) is 0 Å². The van der Waals surface area contributed by atoms with E-state index < -0.39 is 5.79 Å². The van der Waals surface area contributed by atoms with Crippen LogP contribution >= 0.6 is 0 Å². The predicted octanol–water partition coefficient (Wildman–Crippen LogP) is 3.82. The lowest BCUT2D eigenvalue weighted by atomic mass is 10.0. The van der Waals surface area contributed by atoms with Crippen LogP contribution in [-0.2, 0) is 5.79 Å². The van der Waals surface area contributed by atoms with Gasteiger partial charge in [-0.25, -0.2) is 0 Å². The highest BCUT2D eigenvalue weighted by molar-refractivity contribution is 6.04. The first-order valence-corrected chi connectivity index (χ1v) is 11.7. The quantitative estimate of drug-likeness (QED) is 0.341. The van der Waals surface area contributed by atoms with Crippen LogP contribution in [0.25, 0.3) is 33.1 Å². The molecule has 0 amide bonds. The first-order valence-electron chi connectivity index (χ1n) is 11.7. The van der Waals surface area contributed by atoms with Gasteiger partial charge in [-0.2, -0.15) is 14.0 Å². The molecule has 0 aliphatic rings. The third kappa shape index (κ3) is 2.95. The summed E-state index contributed by atoms with van der Waals surface area (Å²) in [5.74, 6) is -2.12. The number of carbonyl (C=O) groups excluding carboxylic acids is 1. The average Bonchev–Trinajstić information content (AvgIpc) is 3.68. The van der Waals surface area contributed by atoms with Gasteiger partial charge in [-0.15, -0.1) is 15.3 Å². The van der Waals surface area contributed by atoms with Crippen LogP contribution in [0.1, 0.15) is 15.9 Å². The maximum absolute atomic E-state index is 14.9. The summed E-state index contributed by atoms with van der Waals surface area (Å²) in [4.78, 5) is 14.9. The van der Waals surface area contributed by atoms with Gasteiger partial charge in [0.25, 0.3) is 0 Å². The van der Waals surface area contributed by atoms with Crippen molar-refractivity contribution < 1.29 is 4.79 Å². The van der Waals surface area contributed by atoms with Gasteiger partial charge < -0.3 is 0 Å². The highest BCUT2D eigenvalue weighted by atomic mass is 16.1. The number of fused-ring (bicyclic) bond motifs is 3. The van der Waals surface area contributed by atoms with Crippen LogP contribution in [0.2, 0.25) is 0 Å². The van der Waals surface area contributed by atoms with E-state index in [4.69, 9.17) is 0 Å². The molecule has 7 rings (SSSR count). The second-order valence-electron chi connectivity index (χ2n) is 8.80. The second kappa shape index (κ2) is 7.89. The number of Topliss-reactive ketones (excluding diaryl/α,β-unsaturated/α-hetero) is 1. The Labute approximate surface area is 209 Å². The van der Waals surface area contributed by atoms with E-state index in [-0.39, 0.29) is 5.78 Å². The average molecular weight is 486 g/mol. The van der Waals surface area contributed by atoms with Crippen molar-refractivity contribution in [1.29, 1.82) is 0 Å². The summed E-state index contributed by atoms with van der Waals surface area (Å²) >= 11 is 0. The number of aryl methyl sites for hydroxylation is 1. The third-order valence-corrected chi connectivity index (χ3v) is 6.56. The Balaban J connectivity index is 1.69. The number of hydrogen-bond acceptors (Lipinski definition) is 7. The van der Waals surface area contributed by atoms with E-state index in [1.165, 1.54) is 0 Å². The lowest BCUT2D eigenvalue weighted by molar-refractivity contribution is 0.0603.